The average Bonchev–Trinajstić information content (AvgIpc) is 3.38. The van der Waals surface area contributed by atoms with E-state index in [1.165, 1.54) is 11.3 Å². The van der Waals surface area contributed by atoms with Crippen molar-refractivity contribution in [2.45, 2.75) is 12.5 Å². The molecule has 2 aromatic carbocycles. The van der Waals surface area contributed by atoms with Gasteiger partial charge in [-0.05, 0) is 41.3 Å². The lowest BCUT2D eigenvalue weighted by Gasteiger charge is -2.38. The molecule has 0 saturated carbocycles. The van der Waals surface area contributed by atoms with Crippen molar-refractivity contribution in [3.05, 3.63) is 88.7 Å². The van der Waals surface area contributed by atoms with Crippen molar-refractivity contribution in [3.63, 3.8) is 0 Å². The van der Waals surface area contributed by atoms with Gasteiger partial charge in [0.05, 0.1) is 20.3 Å². The van der Waals surface area contributed by atoms with Crippen LogP contribution in [0.1, 0.15) is 33.2 Å². The maximum absolute atomic E-state index is 13.7. The normalized spacial score (nSPS) is 15.1. The Morgan fingerprint density at radius 2 is 1.76 bits per heavy atom. The van der Waals surface area contributed by atoms with Crippen LogP contribution >= 0.6 is 11.3 Å². The van der Waals surface area contributed by atoms with Crippen molar-refractivity contribution < 1.29 is 14.3 Å². The van der Waals surface area contributed by atoms with E-state index < -0.39 is 0 Å². The molecule has 0 N–H and O–H groups in total. The predicted octanol–water partition coefficient (Wildman–Crippen LogP) is 4.41. The molecule has 7 nitrogen and oxygen atoms in total. The van der Waals surface area contributed by atoms with E-state index in [9.17, 15) is 4.79 Å². The first-order valence-corrected chi connectivity index (χ1v) is 11.4. The fraction of sp³-hybridized carbons (Fsp3) is 0.200. The van der Waals surface area contributed by atoms with Crippen LogP contribution in [0.15, 0.2) is 66.3 Å². The van der Waals surface area contributed by atoms with E-state index in [2.05, 4.69) is 15.0 Å². The van der Waals surface area contributed by atoms with Crippen LogP contribution in [0.4, 0.5) is 0 Å². The van der Waals surface area contributed by atoms with Crippen LogP contribution in [0.5, 0.6) is 11.5 Å². The van der Waals surface area contributed by atoms with Gasteiger partial charge in [-0.3, -0.25) is 4.79 Å². The Bertz CT molecular complexity index is 1280. The highest BCUT2D eigenvalue weighted by Gasteiger charge is 2.34. The molecule has 0 fully saturated rings. The third-order valence-electron chi connectivity index (χ3n) is 5.73. The number of methoxy groups -OCH3 is 2. The quantitative estimate of drug-likeness (QED) is 0.441. The molecule has 3 heterocycles. The van der Waals surface area contributed by atoms with Gasteiger partial charge in [0.25, 0.3) is 5.91 Å². The lowest BCUT2D eigenvalue weighted by atomic mass is 9.87. The number of carbonyl (C=O) groups is 1. The van der Waals surface area contributed by atoms with Crippen LogP contribution in [0.3, 0.4) is 0 Å². The molecule has 0 spiro atoms. The summed E-state index contributed by atoms with van der Waals surface area (Å²) in [5.74, 6) is 1.73. The first-order chi connectivity index (χ1) is 16.2. The summed E-state index contributed by atoms with van der Waals surface area (Å²) in [5, 5.41) is 2.40. The van der Waals surface area contributed by atoms with Crippen LogP contribution in [0.2, 0.25) is 0 Å². The van der Waals surface area contributed by atoms with Crippen LogP contribution in [-0.4, -0.2) is 46.5 Å². The summed E-state index contributed by atoms with van der Waals surface area (Å²) in [7, 11) is 3.25. The van der Waals surface area contributed by atoms with Crippen LogP contribution in [0, 0.1) is 0 Å². The number of hydrogen-bond donors (Lipinski definition) is 0. The molecule has 4 aromatic rings. The number of nitrogens with zero attached hydrogens (tertiary/aromatic N) is 4. The molecule has 0 saturated heterocycles. The van der Waals surface area contributed by atoms with Gasteiger partial charge in [-0.25, -0.2) is 15.0 Å². The Balaban J connectivity index is 1.56. The second-order valence-corrected chi connectivity index (χ2v) is 8.44. The molecule has 1 aliphatic heterocycles. The summed E-state index contributed by atoms with van der Waals surface area (Å²) in [5.41, 5.74) is 3.59. The monoisotopic (exact) mass is 458 g/mol. The zero-order valence-corrected chi connectivity index (χ0v) is 19.1. The average molecular weight is 459 g/mol. The van der Waals surface area contributed by atoms with Crippen molar-refractivity contribution >= 4 is 17.2 Å². The molecule has 1 amide bonds. The van der Waals surface area contributed by atoms with Crippen molar-refractivity contribution in [2.24, 2.45) is 0 Å². The van der Waals surface area contributed by atoms with Crippen molar-refractivity contribution in [1.29, 1.82) is 0 Å². The molecule has 1 atom stereocenters. The molecular weight excluding hydrogens is 436 g/mol. The number of amides is 1. The minimum absolute atomic E-state index is 0.122. The lowest BCUT2D eigenvalue weighted by Crippen LogP contribution is -2.40. The minimum Gasteiger partial charge on any atom is -0.493 e. The fourth-order valence-corrected chi connectivity index (χ4v) is 4.93. The topological polar surface area (TPSA) is 77.4 Å². The first kappa shape index (κ1) is 21.1. The Morgan fingerprint density at radius 3 is 2.48 bits per heavy atom. The minimum atomic E-state index is -0.264. The van der Waals surface area contributed by atoms with E-state index in [0.717, 1.165) is 16.7 Å². The molecule has 0 radical (unpaired) electrons. The van der Waals surface area contributed by atoms with Gasteiger partial charge >= 0.3 is 0 Å². The van der Waals surface area contributed by atoms with E-state index in [-0.39, 0.29) is 11.9 Å². The molecule has 5 rings (SSSR count). The maximum Gasteiger partial charge on any atom is 0.274 e. The highest BCUT2D eigenvalue weighted by atomic mass is 32.1. The van der Waals surface area contributed by atoms with Gasteiger partial charge in [-0.1, -0.05) is 30.3 Å². The van der Waals surface area contributed by atoms with E-state index in [1.807, 2.05) is 47.4 Å². The van der Waals surface area contributed by atoms with E-state index in [4.69, 9.17) is 9.47 Å². The molecule has 1 unspecified atom stereocenters. The zero-order chi connectivity index (χ0) is 22.8. The molecule has 0 aliphatic carbocycles. The van der Waals surface area contributed by atoms with Gasteiger partial charge in [-0.15, -0.1) is 11.3 Å². The van der Waals surface area contributed by atoms with Gasteiger partial charge in [0, 0.05) is 24.3 Å². The number of hydrogen-bond acceptors (Lipinski definition) is 7. The summed E-state index contributed by atoms with van der Waals surface area (Å²) < 4.78 is 11.1. The number of thiazole rings is 1. The molecule has 8 heteroatoms. The third kappa shape index (κ3) is 3.93. The lowest BCUT2D eigenvalue weighted by molar-refractivity contribution is 0.0689. The highest BCUT2D eigenvalue weighted by molar-refractivity contribution is 7.13. The van der Waals surface area contributed by atoms with Gasteiger partial charge in [0.15, 0.2) is 22.3 Å². The van der Waals surface area contributed by atoms with Crippen LogP contribution < -0.4 is 9.47 Å². The number of benzene rings is 2. The third-order valence-corrected chi connectivity index (χ3v) is 6.57. The van der Waals surface area contributed by atoms with Gasteiger partial charge in [0.1, 0.15) is 5.69 Å². The molecule has 2 aromatic heterocycles. The largest absolute Gasteiger partial charge is 0.493 e. The summed E-state index contributed by atoms with van der Waals surface area (Å²) in [6, 6.07) is 15.5. The second-order valence-electron chi connectivity index (χ2n) is 7.58. The SMILES string of the molecule is COc1cc2c(cc1OC)C(c1ccccc1)N(C(=O)c1csc(-c3ncccn3)n1)CC2. The highest BCUT2D eigenvalue weighted by Crippen LogP contribution is 2.41. The predicted molar refractivity (Wildman–Crippen MR) is 126 cm³/mol. The van der Waals surface area contributed by atoms with Gasteiger partial charge < -0.3 is 14.4 Å². The Kier molecular flexibility index (Phi) is 5.75. The van der Waals surface area contributed by atoms with E-state index in [0.29, 0.717) is 41.0 Å². The molecule has 33 heavy (non-hydrogen) atoms. The fourth-order valence-electron chi connectivity index (χ4n) is 4.19. The summed E-state index contributed by atoms with van der Waals surface area (Å²) in [6.07, 6.45) is 4.04. The molecule has 0 bridgehead atoms. The number of fused-ring (bicyclic) bond motifs is 1. The van der Waals surface area contributed by atoms with Crippen molar-refractivity contribution in [2.75, 3.05) is 20.8 Å². The van der Waals surface area contributed by atoms with Crippen molar-refractivity contribution in [3.8, 4) is 22.3 Å². The molecular formula is C25H22N4O3S. The first-order valence-electron chi connectivity index (χ1n) is 10.5. The van der Waals surface area contributed by atoms with Crippen LogP contribution in [-0.2, 0) is 6.42 Å². The molecule has 1 aliphatic rings. The molecule has 166 valence electrons. The summed E-state index contributed by atoms with van der Waals surface area (Å²) >= 11 is 1.37. The van der Waals surface area contributed by atoms with Crippen molar-refractivity contribution in [1.82, 2.24) is 19.9 Å². The van der Waals surface area contributed by atoms with Gasteiger partial charge in [0.2, 0.25) is 0 Å². The Labute approximate surface area is 195 Å². The van der Waals surface area contributed by atoms with Crippen LogP contribution in [0.25, 0.3) is 10.8 Å². The number of ether oxygens (including phenoxy) is 2. The zero-order valence-electron chi connectivity index (χ0n) is 18.3. The maximum atomic E-state index is 13.7. The summed E-state index contributed by atoms with van der Waals surface area (Å²) in [6.45, 7) is 0.565. The second kappa shape index (κ2) is 8.99. The Hall–Kier alpha value is -3.78. The summed E-state index contributed by atoms with van der Waals surface area (Å²) in [4.78, 5) is 28.6. The smallest absolute Gasteiger partial charge is 0.274 e. The number of aromatic nitrogens is 3. The Morgan fingerprint density at radius 1 is 1.03 bits per heavy atom. The number of carbonyl (C=O) groups excluding carboxylic acids is 1. The number of rotatable bonds is 5. The standard InChI is InChI=1S/C25H22N4O3S/c1-31-20-13-17-9-12-29(22(16-7-4-3-5-8-16)18(17)14-21(20)32-2)25(30)19-15-33-24(28-19)23-26-10-6-11-27-23/h3-8,10-11,13-15,22H,9,12H2,1-2H3. The van der Waals surface area contributed by atoms with Gasteiger partial charge in [-0.2, -0.15) is 0 Å². The van der Waals surface area contributed by atoms with E-state index in [1.54, 1.807) is 38.1 Å². The van der Waals surface area contributed by atoms with E-state index >= 15 is 0 Å².